The maximum absolute atomic E-state index is 12.7. The molecule has 28 heavy (non-hydrogen) atoms. The largest absolute Gasteiger partial charge is 0.458 e. The maximum Gasteiger partial charge on any atom is 0.417 e. The third-order valence-corrected chi connectivity index (χ3v) is 4.78. The van der Waals surface area contributed by atoms with Gasteiger partial charge in [-0.3, -0.25) is 9.59 Å². The number of aromatic nitrogens is 2. The molecule has 0 unspecified atom stereocenters. The Morgan fingerprint density at radius 1 is 1.18 bits per heavy atom. The number of carbonyl (C=O) groups excluding carboxylic acids is 1. The van der Waals surface area contributed by atoms with E-state index in [0.717, 1.165) is 22.2 Å². The van der Waals surface area contributed by atoms with E-state index in [4.69, 9.17) is 4.74 Å². The SMILES string of the molecule is Cc1ccc(-c2nc(COC(=O)Cn3cc(C(F)(F)F)ccc3=O)cs2)cc1. The van der Waals surface area contributed by atoms with Crippen molar-refractivity contribution >= 4 is 17.3 Å². The normalized spacial score (nSPS) is 11.4. The Morgan fingerprint density at radius 3 is 2.57 bits per heavy atom. The summed E-state index contributed by atoms with van der Waals surface area (Å²) in [5.74, 6) is -0.827. The summed E-state index contributed by atoms with van der Waals surface area (Å²) in [6.07, 6.45) is -4.01. The van der Waals surface area contributed by atoms with Crippen molar-refractivity contribution in [2.45, 2.75) is 26.3 Å². The van der Waals surface area contributed by atoms with Gasteiger partial charge in [0, 0.05) is 23.2 Å². The standard InChI is InChI=1S/C19H15F3N2O3S/c1-12-2-4-13(5-3-12)18-23-15(11-28-18)10-27-17(26)9-24-8-14(19(20,21)22)6-7-16(24)25/h2-8,11H,9-10H2,1H3. The van der Waals surface area contributed by atoms with Crippen LogP contribution in [0.1, 0.15) is 16.8 Å². The summed E-state index contributed by atoms with van der Waals surface area (Å²) >= 11 is 1.39. The second-order valence-electron chi connectivity index (χ2n) is 6.05. The molecule has 3 rings (SSSR count). The number of benzene rings is 1. The molecular weight excluding hydrogens is 393 g/mol. The van der Waals surface area contributed by atoms with Crippen molar-refractivity contribution in [3.05, 3.63) is 75.1 Å². The number of rotatable bonds is 5. The van der Waals surface area contributed by atoms with E-state index in [1.807, 2.05) is 31.2 Å². The zero-order valence-corrected chi connectivity index (χ0v) is 15.5. The number of halogens is 3. The number of pyridine rings is 1. The first-order chi connectivity index (χ1) is 13.2. The molecule has 5 nitrogen and oxygen atoms in total. The van der Waals surface area contributed by atoms with Gasteiger partial charge in [0.1, 0.15) is 18.2 Å². The highest BCUT2D eigenvalue weighted by atomic mass is 32.1. The molecule has 0 saturated carbocycles. The van der Waals surface area contributed by atoms with Crippen molar-refractivity contribution in [1.29, 1.82) is 0 Å². The average Bonchev–Trinajstić information content (AvgIpc) is 3.10. The minimum atomic E-state index is -4.60. The van der Waals surface area contributed by atoms with E-state index in [1.165, 1.54) is 11.3 Å². The van der Waals surface area contributed by atoms with Crippen LogP contribution in [0.2, 0.25) is 0 Å². The first kappa shape index (κ1) is 19.8. The van der Waals surface area contributed by atoms with E-state index in [2.05, 4.69) is 4.98 Å². The second-order valence-corrected chi connectivity index (χ2v) is 6.91. The molecule has 9 heteroatoms. The fraction of sp³-hybridized carbons (Fsp3) is 0.211. The fourth-order valence-electron chi connectivity index (χ4n) is 2.36. The summed E-state index contributed by atoms with van der Waals surface area (Å²) in [5.41, 5.74) is 0.843. The van der Waals surface area contributed by atoms with E-state index in [0.29, 0.717) is 22.5 Å². The van der Waals surface area contributed by atoms with Crippen LogP contribution in [0.4, 0.5) is 13.2 Å². The molecule has 0 N–H and O–H groups in total. The number of esters is 1. The highest BCUT2D eigenvalue weighted by molar-refractivity contribution is 7.13. The lowest BCUT2D eigenvalue weighted by atomic mass is 10.2. The number of nitrogens with zero attached hydrogens (tertiary/aromatic N) is 2. The summed E-state index contributed by atoms with van der Waals surface area (Å²) in [6.45, 7) is 1.23. The molecule has 0 radical (unpaired) electrons. The third-order valence-electron chi connectivity index (χ3n) is 3.84. The van der Waals surface area contributed by atoms with Crippen LogP contribution < -0.4 is 5.56 Å². The first-order valence-corrected chi connectivity index (χ1v) is 9.05. The predicted octanol–water partition coefficient (Wildman–Crippen LogP) is 4.04. The summed E-state index contributed by atoms with van der Waals surface area (Å²) in [5, 5.41) is 2.50. The molecule has 146 valence electrons. The van der Waals surface area contributed by atoms with Crippen molar-refractivity contribution < 1.29 is 22.7 Å². The summed E-state index contributed by atoms with van der Waals surface area (Å²) in [4.78, 5) is 28.0. The zero-order valence-electron chi connectivity index (χ0n) is 14.7. The zero-order chi connectivity index (χ0) is 20.3. The van der Waals surface area contributed by atoms with E-state index < -0.39 is 29.8 Å². The number of thiazole rings is 1. The molecule has 0 spiro atoms. The lowest BCUT2D eigenvalue weighted by molar-refractivity contribution is -0.146. The van der Waals surface area contributed by atoms with Gasteiger partial charge in [-0.1, -0.05) is 29.8 Å². The number of hydrogen-bond donors (Lipinski definition) is 0. The van der Waals surface area contributed by atoms with Crippen LogP contribution in [0.3, 0.4) is 0 Å². The molecular formula is C19H15F3N2O3S. The Kier molecular flexibility index (Phi) is 5.64. The molecule has 0 atom stereocenters. The third kappa shape index (κ3) is 4.86. The first-order valence-electron chi connectivity index (χ1n) is 8.17. The van der Waals surface area contributed by atoms with Crippen LogP contribution >= 0.6 is 11.3 Å². The van der Waals surface area contributed by atoms with Crippen LogP contribution in [0.15, 0.2) is 52.8 Å². The Balaban J connectivity index is 1.62. The smallest absolute Gasteiger partial charge is 0.417 e. The van der Waals surface area contributed by atoms with E-state index in [-0.39, 0.29) is 6.61 Å². The van der Waals surface area contributed by atoms with E-state index in [9.17, 15) is 22.8 Å². The van der Waals surface area contributed by atoms with Crippen molar-refractivity contribution in [3.8, 4) is 10.6 Å². The molecule has 0 fully saturated rings. The summed E-state index contributed by atoms with van der Waals surface area (Å²) in [7, 11) is 0. The van der Waals surface area contributed by atoms with Gasteiger partial charge >= 0.3 is 12.1 Å². The number of ether oxygens (including phenoxy) is 1. The van der Waals surface area contributed by atoms with Gasteiger partial charge in [-0.15, -0.1) is 11.3 Å². The molecule has 2 aromatic heterocycles. The summed E-state index contributed by atoms with van der Waals surface area (Å²) < 4.78 is 43.9. The predicted molar refractivity (Wildman–Crippen MR) is 97.8 cm³/mol. The van der Waals surface area contributed by atoms with Crippen molar-refractivity contribution in [1.82, 2.24) is 9.55 Å². The van der Waals surface area contributed by atoms with Gasteiger partial charge in [0.15, 0.2) is 0 Å². The van der Waals surface area contributed by atoms with Gasteiger partial charge in [0.25, 0.3) is 5.56 Å². The average molecular weight is 408 g/mol. The minimum absolute atomic E-state index is 0.130. The van der Waals surface area contributed by atoms with Crippen LogP contribution in [0.5, 0.6) is 0 Å². The number of aryl methyl sites for hydroxylation is 1. The van der Waals surface area contributed by atoms with Gasteiger partial charge in [-0.25, -0.2) is 4.98 Å². The molecule has 0 amide bonds. The van der Waals surface area contributed by atoms with Gasteiger partial charge in [0.05, 0.1) is 11.3 Å². The van der Waals surface area contributed by atoms with Crippen LogP contribution in [-0.4, -0.2) is 15.5 Å². The molecule has 0 aliphatic rings. The van der Waals surface area contributed by atoms with Gasteiger partial charge < -0.3 is 9.30 Å². The molecule has 0 aliphatic heterocycles. The Morgan fingerprint density at radius 2 is 1.89 bits per heavy atom. The number of alkyl halides is 3. The monoisotopic (exact) mass is 408 g/mol. The number of carbonyl (C=O) groups is 1. The lowest BCUT2D eigenvalue weighted by Gasteiger charge is -2.10. The topological polar surface area (TPSA) is 61.2 Å². The van der Waals surface area contributed by atoms with Crippen molar-refractivity contribution in [3.63, 3.8) is 0 Å². The molecule has 0 saturated heterocycles. The van der Waals surface area contributed by atoms with Crippen LogP contribution in [-0.2, 0) is 28.9 Å². The van der Waals surface area contributed by atoms with Crippen LogP contribution in [0, 0.1) is 6.92 Å². The Hall–Kier alpha value is -2.94. The molecule has 0 bridgehead atoms. The van der Waals surface area contributed by atoms with Gasteiger partial charge in [-0.05, 0) is 13.0 Å². The Bertz CT molecular complexity index is 1040. The van der Waals surface area contributed by atoms with E-state index >= 15 is 0 Å². The molecule has 3 aromatic rings. The quantitative estimate of drug-likeness (QED) is 0.598. The minimum Gasteiger partial charge on any atom is -0.458 e. The van der Waals surface area contributed by atoms with Crippen LogP contribution in [0.25, 0.3) is 10.6 Å². The van der Waals surface area contributed by atoms with E-state index in [1.54, 1.807) is 5.38 Å². The highest BCUT2D eigenvalue weighted by Gasteiger charge is 2.31. The fourth-order valence-corrected chi connectivity index (χ4v) is 3.17. The lowest BCUT2D eigenvalue weighted by Crippen LogP contribution is -2.26. The molecule has 1 aromatic carbocycles. The Labute approximate surface area is 162 Å². The highest BCUT2D eigenvalue weighted by Crippen LogP contribution is 2.28. The van der Waals surface area contributed by atoms with Crippen molar-refractivity contribution in [2.75, 3.05) is 0 Å². The summed E-state index contributed by atoms with van der Waals surface area (Å²) in [6, 6.07) is 9.23. The van der Waals surface area contributed by atoms with Gasteiger partial charge in [0.2, 0.25) is 0 Å². The molecule has 2 heterocycles. The number of hydrogen-bond acceptors (Lipinski definition) is 5. The van der Waals surface area contributed by atoms with Gasteiger partial charge in [-0.2, -0.15) is 13.2 Å². The van der Waals surface area contributed by atoms with Crippen molar-refractivity contribution in [2.24, 2.45) is 0 Å². The maximum atomic E-state index is 12.7. The molecule has 0 aliphatic carbocycles. The second kappa shape index (κ2) is 7.97.